The van der Waals surface area contributed by atoms with Gasteiger partial charge in [-0.25, -0.2) is 0 Å². The van der Waals surface area contributed by atoms with E-state index in [1.807, 2.05) is 139 Å². The SMILES string of the molecule is CCC(=S)Oc1cccc(Br)c1COc1cc(C)c(C)cc1C.CCC(=S)Oc1cccc(C)c1COc1cc(C)c(C)cc1C.CCC(=S)Oc1cccc(C2CC2)c1COc1cc(C)c(C)cc1C.CCC(=S)Oc1cccc(CC)c1COc1cc(C)c(C)cc1C.CCC(=S)Oc1cccc(CO)c1COc1cc(C)c(C)cc1C.CCC(=S)Oc1cccc(I)c1COc1cc(C)c(C)cc1C. The zero-order chi connectivity index (χ0) is 104. The Morgan fingerprint density at radius 2 is 0.493 bits per heavy atom. The maximum atomic E-state index is 9.62. The van der Waals surface area contributed by atoms with Gasteiger partial charge in [-0.05, 0) is 460 Å². The molecule has 21 heteroatoms. The average Bonchev–Trinajstić information content (AvgIpc) is 1.65. The number of ether oxygens (including phenoxy) is 12. The molecule has 0 amide bonds. The van der Waals surface area contributed by atoms with Crippen molar-refractivity contribution >= 4 is 142 Å². The van der Waals surface area contributed by atoms with Crippen LogP contribution in [-0.4, -0.2) is 35.4 Å². The van der Waals surface area contributed by atoms with Gasteiger partial charge in [-0.2, -0.15) is 0 Å². The molecule has 142 heavy (non-hydrogen) atoms. The molecule has 0 unspecified atom stereocenters. The molecule has 13 rings (SSSR count). The minimum Gasteiger partial charge on any atom is -0.488 e. The minimum absolute atomic E-state index is 0.0688. The molecule has 1 N–H and O–H groups in total. The summed E-state index contributed by atoms with van der Waals surface area (Å²) in [6.07, 6.45) is 7.70. The predicted molar refractivity (Wildman–Crippen MR) is 622 cm³/mol. The number of benzene rings is 12. The van der Waals surface area contributed by atoms with Crippen LogP contribution in [-0.2, 0) is 52.7 Å². The summed E-state index contributed by atoms with van der Waals surface area (Å²) in [5.41, 5.74) is 32.4. The van der Waals surface area contributed by atoms with Crippen LogP contribution < -0.4 is 56.8 Å². The Labute approximate surface area is 900 Å². The summed E-state index contributed by atoms with van der Waals surface area (Å²) >= 11 is 37.2. The minimum atomic E-state index is -0.0688. The number of aliphatic hydroxyl groups is 1. The molecule has 1 aliphatic carbocycles. The molecule has 1 fully saturated rings. The third-order valence-corrected chi connectivity index (χ3v) is 28.8. The second-order valence-electron chi connectivity index (χ2n) is 35.8. The summed E-state index contributed by atoms with van der Waals surface area (Å²) in [6, 6.07) is 61.2. The summed E-state index contributed by atoms with van der Waals surface area (Å²) in [6.45, 7) is 56.4. The first-order chi connectivity index (χ1) is 67.7. The summed E-state index contributed by atoms with van der Waals surface area (Å²) in [7, 11) is 0. The largest absolute Gasteiger partial charge is 0.488 e. The first kappa shape index (κ1) is 117. The van der Waals surface area contributed by atoms with Crippen molar-refractivity contribution in [3.63, 3.8) is 0 Å². The van der Waals surface area contributed by atoms with Crippen LogP contribution in [0.1, 0.15) is 262 Å². The summed E-state index contributed by atoms with van der Waals surface area (Å²) in [4.78, 5) is 0. The van der Waals surface area contributed by atoms with Gasteiger partial charge >= 0.3 is 0 Å². The van der Waals surface area contributed by atoms with Crippen LogP contribution in [0.25, 0.3) is 0 Å². The average molecular weight is 2200 g/mol. The van der Waals surface area contributed by atoms with E-state index in [9.17, 15) is 5.11 Å². The smallest absolute Gasteiger partial charge is 0.167 e. The van der Waals surface area contributed by atoms with E-state index < -0.39 is 0 Å². The van der Waals surface area contributed by atoms with Crippen LogP contribution in [0.15, 0.2) is 186 Å². The van der Waals surface area contributed by atoms with E-state index in [1.54, 1.807) is 0 Å². The van der Waals surface area contributed by atoms with E-state index in [2.05, 4.69) is 261 Å². The Bertz CT molecular complexity index is 5990. The third kappa shape index (κ3) is 35.4. The van der Waals surface area contributed by atoms with Crippen molar-refractivity contribution in [3.8, 4) is 69.0 Å². The highest BCUT2D eigenvalue weighted by molar-refractivity contribution is 14.1. The molecule has 12 aromatic carbocycles. The fraction of sp³-hybridized carbons (Fsp3) is 0.355. The lowest BCUT2D eigenvalue weighted by Crippen LogP contribution is -2.09. The van der Waals surface area contributed by atoms with E-state index in [4.69, 9.17) is 130 Å². The van der Waals surface area contributed by atoms with Crippen LogP contribution in [0.5, 0.6) is 69.0 Å². The predicted octanol–water partition coefficient (Wildman–Crippen LogP) is 34.4. The van der Waals surface area contributed by atoms with E-state index in [-0.39, 0.29) is 6.61 Å². The van der Waals surface area contributed by atoms with Crippen molar-refractivity contribution < 1.29 is 61.9 Å². The zero-order valence-corrected chi connectivity index (χ0v) is 96.4. The molecule has 0 spiro atoms. The molecule has 12 aromatic rings. The molecule has 0 heterocycles. The van der Waals surface area contributed by atoms with Gasteiger partial charge in [0.2, 0.25) is 0 Å². The molecule has 1 saturated carbocycles. The van der Waals surface area contributed by atoms with Gasteiger partial charge < -0.3 is 61.9 Å². The second kappa shape index (κ2) is 58.2. The van der Waals surface area contributed by atoms with Gasteiger partial charge in [-0.3, -0.25) is 0 Å². The van der Waals surface area contributed by atoms with Crippen molar-refractivity contribution in [2.45, 2.75) is 290 Å². The van der Waals surface area contributed by atoms with E-state index in [0.29, 0.717) is 94.5 Å². The maximum absolute atomic E-state index is 9.62. The fourth-order valence-electron chi connectivity index (χ4n) is 14.9. The molecule has 0 aromatic heterocycles. The Morgan fingerprint density at radius 3 is 0.803 bits per heavy atom. The van der Waals surface area contributed by atoms with Crippen LogP contribution in [0.4, 0.5) is 0 Å². The quantitative estimate of drug-likeness (QED) is 0.0309. The number of halogens is 2. The highest BCUT2D eigenvalue weighted by Gasteiger charge is 2.29. The van der Waals surface area contributed by atoms with Crippen LogP contribution in [0.3, 0.4) is 0 Å². The molecular formula is C121H142BrIO13S6. The zero-order valence-electron chi connectivity index (χ0n) is 87.8. The lowest BCUT2D eigenvalue weighted by Gasteiger charge is -2.17. The topological polar surface area (TPSA) is 131 Å². The molecule has 0 aliphatic heterocycles. The van der Waals surface area contributed by atoms with Crippen molar-refractivity contribution in [2.75, 3.05) is 0 Å². The Kier molecular flexibility index (Phi) is 48.0. The normalized spacial score (nSPS) is 11.0. The number of hydrogen-bond donors (Lipinski definition) is 1. The van der Waals surface area contributed by atoms with Crippen LogP contribution >= 0.6 is 112 Å². The van der Waals surface area contributed by atoms with Gasteiger partial charge in [-0.15, -0.1) is 0 Å². The Hall–Kier alpha value is -10.1. The monoisotopic (exact) mass is 2200 g/mol. The van der Waals surface area contributed by atoms with Gasteiger partial charge in [0.15, 0.2) is 30.3 Å². The number of rotatable bonds is 33. The van der Waals surface area contributed by atoms with Crippen molar-refractivity contribution in [2.24, 2.45) is 0 Å². The number of thiocarbonyl (C=S) groups is 6. The molecule has 13 nitrogen and oxygen atoms in total. The van der Waals surface area contributed by atoms with Gasteiger partial charge in [0.25, 0.3) is 0 Å². The van der Waals surface area contributed by atoms with Crippen LogP contribution in [0.2, 0.25) is 0 Å². The highest BCUT2D eigenvalue weighted by Crippen LogP contribution is 2.45. The fourth-order valence-corrected chi connectivity index (χ4v) is 16.6. The molecule has 1 aliphatic rings. The number of aryl methyl sites for hydroxylation is 20. The van der Waals surface area contributed by atoms with E-state index in [0.717, 1.165) is 176 Å². The molecule has 0 saturated heterocycles. The molecular weight excluding hydrogens is 2060 g/mol. The van der Waals surface area contributed by atoms with Crippen molar-refractivity contribution in [1.29, 1.82) is 0 Å². The second-order valence-corrected chi connectivity index (χ2v) is 40.5. The molecule has 0 bridgehead atoms. The highest BCUT2D eigenvalue weighted by atomic mass is 127. The number of hydrogen-bond acceptors (Lipinski definition) is 19. The first-order valence-electron chi connectivity index (χ1n) is 48.7. The summed E-state index contributed by atoms with van der Waals surface area (Å²) in [5.74, 6) is 10.7. The summed E-state index contributed by atoms with van der Waals surface area (Å²) in [5, 5.41) is 13.1. The lowest BCUT2D eigenvalue weighted by molar-refractivity contribution is 0.266. The van der Waals surface area contributed by atoms with Gasteiger partial charge in [0, 0.05) is 79.9 Å². The summed E-state index contributed by atoms with van der Waals surface area (Å²) < 4.78 is 73.5. The van der Waals surface area contributed by atoms with E-state index in [1.165, 1.54) is 96.3 Å². The van der Waals surface area contributed by atoms with E-state index >= 15 is 0 Å². The molecule has 0 radical (unpaired) electrons. The lowest BCUT2D eigenvalue weighted by atomic mass is 10.0. The Morgan fingerprint density at radius 1 is 0.261 bits per heavy atom. The van der Waals surface area contributed by atoms with Crippen LogP contribution in [0, 0.1) is 135 Å². The first-order valence-corrected chi connectivity index (χ1v) is 53.0. The molecule has 754 valence electrons. The van der Waals surface area contributed by atoms with Gasteiger partial charge in [0.1, 0.15) is 109 Å². The Balaban J connectivity index is 0.000000209. The van der Waals surface area contributed by atoms with Crippen molar-refractivity contribution in [1.82, 2.24) is 0 Å². The maximum Gasteiger partial charge on any atom is 0.167 e. The van der Waals surface area contributed by atoms with Crippen molar-refractivity contribution in [3.05, 3.63) is 346 Å². The van der Waals surface area contributed by atoms with Gasteiger partial charge in [-0.1, -0.05) is 161 Å². The number of aliphatic hydroxyl groups excluding tert-OH is 1. The van der Waals surface area contributed by atoms with Gasteiger partial charge in [0.05, 0.1) is 6.61 Å². The standard InChI is InChI=1S/C22H26O2S.C21H26O2S.C20H24O3S.C20H24O2S.C19H21BrO2S.C19H21IO2S/c1-5-22(25)24-20-8-6-7-18(17-9-10-17)19(20)13-23-21-12-15(3)14(2)11-16(21)4;1-6-17-9-8-10-19(23-21(24)7-2)18(17)13-22-20-12-15(4)14(3)11-16(20)5;1-5-20(24)23-18-8-6-7-16(11-21)17(18)12-22-19-10-14(3)13(2)9-15(19)4;1-6-20(23)22-18-9-7-8-13(2)17(18)12-21-19-11-15(4)14(3)10-16(19)5;2*1-5-19(23)22-17-8-6-7-16(20)15(17)11-21-18-10-13(3)12(2)9-14(18)4/h6-8,11-12,17H,5,9-10,13H2,1-4H3;8-12H,6-7,13H2,1-5H3;6-10,21H,5,11-12H2,1-4H3;7-11H,6,12H2,1-5H3;2*6-10H,5,11H2,1-4H3. The molecule has 0 atom stereocenters. The third-order valence-electron chi connectivity index (χ3n) is 24.8.